The number of carboxylic acid groups (broad SMARTS) is 1. The van der Waals surface area contributed by atoms with E-state index >= 15 is 0 Å². The summed E-state index contributed by atoms with van der Waals surface area (Å²) >= 11 is 10.1. The molecule has 25 heteroatoms. The molecule has 7 amide bonds. The van der Waals surface area contributed by atoms with Crippen molar-refractivity contribution in [2.24, 2.45) is 23.7 Å². The molecule has 5 N–H and O–H groups in total. The van der Waals surface area contributed by atoms with Crippen LogP contribution in [0.25, 0.3) is 0 Å². The van der Waals surface area contributed by atoms with Crippen LogP contribution in [0.1, 0.15) is 119 Å². The molecule has 460 valence electrons. The molecule has 3 rings (SSSR count). The fourth-order valence-corrected chi connectivity index (χ4v) is 13.3. The van der Waals surface area contributed by atoms with E-state index in [1.165, 1.54) is 33.0 Å². The molecule has 21 nitrogen and oxygen atoms in total. The second-order valence-electron chi connectivity index (χ2n) is 22.0. The summed E-state index contributed by atoms with van der Waals surface area (Å²) in [5, 5.41) is 15.6. The van der Waals surface area contributed by atoms with Gasteiger partial charge < -0.3 is 39.9 Å². The molecule has 0 radical (unpaired) electrons. The van der Waals surface area contributed by atoms with Crippen molar-refractivity contribution in [2.45, 2.75) is 175 Å². The second kappa shape index (κ2) is 35.1. The van der Waals surface area contributed by atoms with E-state index in [1.54, 1.807) is 55.1 Å². The van der Waals surface area contributed by atoms with Gasteiger partial charge in [0.25, 0.3) is 11.8 Å². The lowest BCUT2D eigenvalue weighted by atomic mass is 9.89. The van der Waals surface area contributed by atoms with Crippen LogP contribution in [0, 0.1) is 23.7 Å². The molecule has 1 fully saturated rings. The lowest BCUT2D eigenvalue weighted by molar-refractivity contribution is -0.149. The Morgan fingerprint density at radius 2 is 1.34 bits per heavy atom. The van der Waals surface area contributed by atoms with Gasteiger partial charge in [0.1, 0.15) is 39.5 Å². The van der Waals surface area contributed by atoms with Crippen LogP contribution in [0.2, 0.25) is 0 Å². The molecule has 2 aliphatic heterocycles. The van der Waals surface area contributed by atoms with Gasteiger partial charge in [-0.2, -0.15) is 25.3 Å². The zero-order valence-electron chi connectivity index (χ0n) is 49.9. The lowest BCUT2D eigenvalue weighted by Gasteiger charge is -2.41. The third-order valence-corrected chi connectivity index (χ3v) is 18.2. The molecule has 0 aromatic heterocycles. The predicted molar refractivity (Wildman–Crippen MR) is 324 cm³/mol. The van der Waals surface area contributed by atoms with Gasteiger partial charge in [0.15, 0.2) is 0 Å². The van der Waals surface area contributed by atoms with Gasteiger partial charge in [-0.1, -0.05) is 91.6 Å². The number of rotatable bonds is 37. The third kappa shape index (κ3) is 19.8. The topological polar surface area (TPSA) is 270 Å². The summed E-state index contributed by atoms with van der Waals surface area (Å²) in [6.45, 7) is 16.0. The smallest absolute Gasteiger partial charge is 0.326 e. The standard InChI is InChI=1S/C57H90N8O13S4/c1-14-34(6)48(43(77-12)29-45(69)64-27-21-24-42(64)49(78-13)35(7)52(70)58-39(57(75)76)28-38-22-17-15-18-23-38)63(11)54(72)46(32(2)3)59-53(71)47(33(4)5)62(10)44(68)25-19-16-20-26-65-55(73)50(81-60-40(30-79)36(8)66)51(56(65)74)82-61-41(31-80)37(9)67/h15,17-18,22-23,32-35,39-43,46-49,60-61,79-80H,14,16,19-21,24-31H2,1-13H3,(H,58,70)(H,59,71)(H,75,76)/t34-,35-,39+,40+,41+,42+,43-,46+,47+,48+,49-/m1/s1. The summed E-state index contributed by atoms with van der Waals surface area (Å²) in [7, 11) is 6.13. The van der Waals surface area contributed by atoms with Crippen LogP contribution in [0.5, 0.6) is 0 Å². The highest BCUT2D eigenvalue weighted by molar-refractivity contribution is 8.06. The molecule has 0 bridgehead atoms. The Kier molecular flexibility index (Phi) is 30.7. The van der Waals surface area contributed by atoms with E-state index in [4.69, 9.17) is 9.47 Å². The molecule has 11 atom stereocenters. The number of hydrogen-bond acceptors (Lipinski definition) is 18. The summed E-state index contributed by atoms with van der Waals surface area (Å²) in [6.07, 6.45) is 1.47. The average Bonchev–Trinajstić information content (AvgIpc) is 4.00. The van der Waals surface area contributed by atoms with Gasteiger partial charge in [0.2, 0.25) is 29.5 Å². The number of imide groups is 1. The normalized spacial score (nSPS) is 18.3. The number of aliphatic carboxylic acids is 1. The first-order valence-corrected chi connectivity index (χ1v) is 31.0. The predicted octanol–water partition coefficient (Wildman–Crippen LogP) is 4.73. The Morgan fingerprint density at radius 1 is 0.768 bits per heavy atom. The van der Waals surface area contributed by atoms with E-state index in [-0.39, 0.29) is 82.3 Å². The number of nitrogens with zero attached hydrogens (tertiary/aromatic N) is 4. The van der Waals surface area contributed by atoms with Crippen molar-refractivity contribution in [3.05, 3.63) is 45.7 Å². The number of hydrogen-bond donors (Lipinski definition) is 7. The van der Waals surface area contributed by atoms with E-state index in [0.29, 0.717) is 45.1 Å². The van der Waals surface area contributed by atoms with Crippen molar-refractivity contribution in [2.75, 3.05) is 52.9 Å². The van der Waals surface area contributed by atoms with Gasteiger partial charge in [-0.3, -0.25) is 48.1 Å². The second-order valence-corrected chi connectivity index (χ2v) is 24.4. The summed E-state index contributed by atoms with van der Waals surface area (Å²) in [4.78, 5) is 141. The Bertz CT molecular complexity index is 2350. The van der Waals surface area contributed by atoms with Crippen LogP contribution in [-0.4, -0.2) is 191 Å². The highest BCUT2D eigenvalue weighted by atomic mass is 32.2. The van der Waals surface area contributed by atoms with Gasteiger partial charge in [-0.05, 0) is 86.7 Å². The quantitative estimate of drug-likeness (QED) is 0.0205. The third-order valence-electron chi connectivity index (χ3n) is 15.4. The van der Waals surface area contributed by atoms with E-state index in [9.17, 15) is 53.1 Å². The number of thiol groups is 2. The molecule has 82 heavy (non-hydrogen) atoms. The number of amides is 7. The molecule has 1 saturated heterocycles. The SMILES string of the molecule is CC[C@@H](C)[C@@H]([C@@H](CC(=O)N1CCC[C@H]1[C@H](OC)[C@@H](C)C(=O)N[C@@H](Cc1ccccc1)C(=O)O)OC)N(C)C(=O)[C@@H](NC(=O)[C@H](C(C)C)N(C)C(=O)CCCCCN1C(=O)C(SN[C@@H](CS)C(C)=O)=C(SN[C@@H](CS)C(C)=O)C1=O)C(C)C. The van der Waals surface area contributed by atoms with Crippen molar-refractivity contribution in [1.82, 2.24) is 39.7 Å². The van der Waals surface area contributed by atoms with Gasteiger partial charge in [-0.25, -0.2) is 14.2 Å². The van der Waals surface area contributed by atoms with E-state index < -0.39 is 102 Å². The molecule has 0 spiro atoms. The van der Waals surface area contributed by atoms with E-state index in [0.717, 1.165) is 34.4 Å². The first-order chi connectivity index (χ1) is 38.7. The maximum atomic E-state index is 14.7. The molecular formula is C57H90N8O13S4. The number of carbonyl (C=O) groups is 10. The zero-order chi connectivity index (χ0) is 61.7. The van der Waals surface area contributed by atoms with Gasteiger partial charge in [-0.15, -0.1) is 0 Å². The number of carboxylic acids is 1. The van der Waals surface area contributed by atoms with Crippen LogP contribution in [0.15, 0.2) is 40.1 Å². The molecule has 2 aliphatic rings. The summed E-state index contributed by atoms with van der Waals surface area (Å²) < 4.78 is 17.8. The number of methoxy groups -OCH3 is 2. The Hall–Kier alpha value is -4.50. The van der Waals surface area contributed by atoms with E-state index in [2.05, 4.69) is 45.3 Å². The number of unbranched alkanes of at least 4 members (excludes halogenated alkanes) is 2. The maximum absolute atomic E-state index is 14.7. The summed E-state index contributed by atoms with van der Waals surface area (Å²) in [5.41, 5.74) is 0.750. The minimum Gasteiger partial charge on any atom is -0.480 e. The molecule has 2 heterocycles. The number of carbonyl (C=O) groups excluding carboxylic acids is 9. The highest BCUT2D eigenvalue weighted by Crippen LogP contribution is 2.35. The van der Waals surface area contributed by atoms with E-state index in [1.807, 2.05) is 47.6 Å². The van der Waals surface area contributed by atoms with Crippen molar-refractivity contribution in [3.63, 3.8) is 0 Å². The lowest BCUT2D eigenvalue weighted by Crippen LogP contribution is -2.60. The molecule has 0 aliphatic carbocycles. The number of nitrogens with one attached hydrogen (secondary N) is 4. The molecule has 0 saturated carbocycles. The minimum atomic E-state index is -1.18. The molecule has 1 aromatic carbocycles. The van der Waals surface area contributed by atoms with Crippen molar-refractivity contribution < 1.29 is 62.5 Å². The summed E-state index contributed by atoms with van der Waals surface area (Å²) in [6, 6.07) is 3.32. The largest absolute Gasteiger partial charge is 0.480 e. The number of ketones is 2. The molecular weight excluding hydrogens is 1130 g/mol. The Labute approximate surface area is 504 Å². The van der Waals surface area contributed by atoms with Crippen LogP contribution in [0.4, 0.5) is 0 Å². The highest BCUT2D eigenvalue weighted by Gasteiger charge is 2.45. The van der Waals surface area contributed by atoms with Crippen LogP contribution in [-0.2, 0) is 63.8 Å². The fraction of sp³-hybridized carbons (Fsp3) is 0.684. The van der Waals surface area contributed by atoms with Crippen molar-refractivity contribution in [1.29, 1.82) is 0 Å². The Balaban J connectivity index is 1.69. The number of Topliss-reactive ketones (excluding diaryl/α,β-unsaturated/α-hetero) is 2. The zero-order valence-corrected chi connectivity index (χ0v) is 53.4. The minimum absolute atomic E-state index is 0.0422. The Morgan fingerprint density at radius 3 is 1.82 bits per heavy atom. The number of likely N-dealkylation sites (N-methyl/N-ethyl adjacent to an activating group) is 2. The maximum Gasteiger partial charge on any atom is 0.326 e. The number of ether oxygens (including phenoxy) is 2. The van der Waals surface area contributed by atoms with Gasteiger partial charge in [0, 0.05) is 65.8 Å². The molecule has 1 aromatic rings. The summed E-state index contributed by atoms with van der Waals surface area (Å²) in [5.74, 6) is -6.19. The van der Waals surface area contributed by atoms with Crippen molar-refractivity contribution >= 4 is 108 Å². The monoisotopic (exact) mass is 1220 g/mol. The van der Waals surface area contributed by atoms with Crippen LogP contribution in [0.3, 0.4) is 0 Å². The fourth-order valence-electron chi connectivity index (χ4n) is 10.3. The number of benzene rings is 1. The van der Waals surface area contributed by atoms with Crippen molar-refractivity contribution in [3.8, 4) is 0 Å². The van der Waals surface area contributed by atoms with Gasteiger partial charge >= 0.3 is 5.97 Å². The molecule has 0 unspecified atom stereocenters. The average molecular weight is 1220 g/mol. The first kappa shape index (κ1) is 71.8. The van der Waals surface area contributed by atoms with Gasteiger partial charge in [0.05, 0.1) is 48.7 Å². The number of likely N-dealkylation sites (tertiary alicyclic amines) is 1. The van der Waals surface area contributed by atoms with Crippen LogP contribution >= 0.6 is 49.2 Å². The first-order valence-electron chi connectivity index (χ1n) is 28.2. The van der Waals surface area contributed by atoms with Crippen LogP contribution < -0.4 is 20.1 Å².